The normalized spacial score (nSPS) is 13.4. The average molecular weight is 331 g/mol. The van der Waals surface area contributed by atoms with Gasteiger partial charge in [-0.1, -0.05) is 18.2 Å². The highest BCUT2D eigenvalue weighted by atomic mass is 79.9. The van der Waals surface area contributed by atoms with Crippen molar-refractivity contribution in [2.24, 2.45) is 0 Å². The number of benzene rings is 1. The summed E-state index contributed by atoms with van der Waals surface area (Å²) in [4.78, 5) is 6.15. The third-order valence-corrected chi connectivity index (χ3v) is 5.42. The molecule has 3 heterocycles. The molecule has 0 atom stereocenters. The molecule has 1 aromatic carbocycles. The van der Waals surface area contributed by atoms with E-state index in [1.807, 2.05) is 11.8 Å². The van der Waals surface area contributed by atoms with Gasteiger partial charge >= 0.3 is 0 Å². The Morgan fingerprint density at radius 1 is 1.32 bits per heavy atom. The molecule has 19 heavy (non-hydrogen) atoms. The monoisotopic (exact) mass is 330 g/mol. The van der Waals surface area contributed by atoms with Gasteiger partial charge in [0.1, 0.15) is 5.65 Å². The number of aryl methyl sites for hydroxylation is 1. The highest BCUT2D eigenvalue weighted by molar-refractivity contribution is 9.10. The number of halogens is 1. The Labute approximate surface area is 124 Å². The lowest BCUT2D eigenvalue weighted by atomic mass is 10.1. The summed E-state index contributed by atoms with van der Waals surface area (Å²) >= 11 is 5.49. The first-order chi connectivity index (χ1) is 9.24. The molecule has 0 bridgehead atoms. The maximum Gasteiger partial charge on any atom is 0.138 e. The highest BCUT2D eigenvalue weighted by Gasteiger charge is 2.21. The Morgan fingerprint density at radius 3 is 3.05 bits per heavy atom. The van der Waals surface area contributed by atoms with Gasteiger partial charge in [-0.2, -0.15) is 0 Å². The van der Waals surface area contributed by atoms with Gasteiger partial charge in [0, 0.05) is 26.9 Å². The number of rotatable bonds is 0. The third-order valence-electron chi connectivity index (χ3n) is 3.51. The van der Waals surface area contributed by atoms with E-state index in [9.17, 15) is 0 Å². The summed E-state index contributed by atoms with van der Waals surface area (Å²) in [5.41, 5.74) is 5.93. The van der Waals surface area contributed by atoms with Crippen molar-refractivity contribution < 1.29 is 0 Å². The molecule has 2 aromatic heterocycles. The van der Waals surface area contributed by atoms with E-state index in [1.165, 1.54) is 21.7 Å². The minimum absolute atomic E-state index is 0.975. The molecular weight excluding hydrogens is 320 g/mol. The fraction of sp³-hybridized carbons (Fsp3) is 0.133. The van der Waals surface area contributed by atoms with Crippen molar-refractivity contribution in [3.63, 3.8) is 0 Å². The van der Waals surface area contributed by atoms with Gasteiger partial charge in [-0.3, -0.25) is 0 Å². The first-order valence-electron chi connectivity index (χ1n) is 6.13. The van der Waals surface area contributed by atoms with E-state index in [0.29, 0.717) is 0 Å². The Kier molecular flexibility index (Phi) is 2.50. The molecule has 3 aromatic rings. The van der Waals surface area contributed by atoms with E-state index in [-0.39, 0.29) is 0 Å². The van der Waals surface area contributed by atoms with Crippen LogP contribution in [0, 0.1) is 6.92 Å². The van der Waals surface area contributed by atoms with Crippen LogP contribution in [0.5, 0.6) is 0 Å². The Bertz CT molecular complexity index is 807. The van der Waals surface area contributed by atoms with E-state index in [4.69, 9.17) is 4.98 Å². The van der Waals surface area contributed by atoms with E-state index in [2.05, 4.69) is 63.8 Å². The van der Waals surface area contributed by atoms with E-state index >= 15 is 0 Å². The molecule has 1 aliphatic rings. The number of pyridine rings is 1. The van der Waals surface area contributed by atoms with Crippen molar-refractivity contribution in [3.8, 4) is 11.3 Å². The molecule has 2 nitrogen and oxygen atoms in total. The van der Waals surface area contributed by atoms with Gasteiger partial charge in [0.05, 0.1) is 11.4 Å². The van der Waals surface area contributed by atoms with Gasteiger partial charge in [-0.25, -0.2) is 4.98 Å². The lowest BCUT2D eigenvalue weighted by Gasteiger charge is -2.14. The van der Waals surface area contributed by atoms with Crippen molar-refractivity contribution in [1.29, 1.82) is 0 Å². The van der Waals surface area contributed by atoms with Gasteiger partial charge in [-0.05, 0) is 40.5 Å². The number of nitrogens with zero attached hydrogens (tertiary/aromatic N) is 2. The van der Waals surface area contributed by atoms with Crippen LogP contribution >= 0.6 is 27.7 Å². The fourth-order valence-electron chi connectivity index (χ4n) is 2.50. The van der Waals surface area contributed by atoms with Crippen molar-refractivity contribution in [1.82, 2.24) is 9.38 Å². The van der Waals surface area contributed by atoms with Crippen molar-refractivity contribution in [3.05, 3.63) is 52.3 Å². The van der Waals surface area contributed by atoms with Gasteiger partial charge in [-0.15, -0.1) is 11.8 Å². The number of aromatic nitrogens is 2. The summed E-state index contributed by atoms with van der Waals surface area (Å²) in [5.74, 6) is 0.975. The van der Waals surface area contributed by atoms with E-state index in [0.717, 1.165) is 21.6 Å². The van der Waals surface area contributed by atoms with Crippen molar-refractivity contribution in [2.45, 2.75) is 17.6 Å². The standard InChI is InChI=1S/C15H11BrN2S/c1-9-6-14-17-15-10-4-2-3-5-13(10)19-8-12(15)18(14)7-11(9)16/h2-7H,8H2,1H3. The van der Waals surface area contributed by atoms with Crippen LogP contribution in [0.25, 0.3) is 16.9 Å². The molecule has 4 rings (SSSR count). The summed E-state index contributed by atoms with van der Waals surface area (Å²) in [6.45, 7) is 2.10. The molecule has 0 aliphatic carbocycles. The molecule has 4 heteroatoms. The first-order valence-corrected chi connectivity index (χ1v) is 7.91. The zero-order valence-corrected chi connectivity index (χ0v) is 12.8. The van der Waals surface area contributed by atoms with Crippen LogP contribution in [0.2, 0.25) is 0 Å². The van der Waals surface area contributed by atoms with Crippen LogP contribution in [0.4, 0.5) is 0 Å². The molecule has 0 saturated heterocycles. The zero-order valence-electron chi connectivity index (χ0n) is 10.4. The summed E-state index contributed by atoms with van der Waals surface area (Å²) in [6.07, 6.45) is 2.13. The molecule has 1 aliphatic heterocycles. The zero-order chi connectivity index (χ0) is 13.0. The van der Waals surface area contributed by atoms with Gasteiger partial charge in [0.15, 0.2) is 0 Å². The lowest BCUT2D eigenvalue weighted by molar-refractivity contribution is 1.07. The Balaban J connectivity index is 2.08. The van der Waals surface area contributed by atoms with Crippen LogP contribution in [-0.2, 0) is 5.75 Å². The summed E-state index contributed by atoms with van der Waals surface area (Å²) in [5, 5.41) is 0. The smallest absolute Gasteiger partial charge is 0.138 e. The number of imidazole rings is 1. The highest BCUT2D eigenvalue weighted by Crippen LogP contribution is 2.41. The molecule has 0 spiro atoms. The SMILES string of the molecule is Cc1cc2nc3c(n2cc1Br)CSc1ccccc1-3. The van der Waals surface area contributed by atoms with Crippen molar-refractivity contribution >= 4 is 33.3 Å². The van der Waals surface area contributed by atoms with Gasteiger partial charge in [0.2, 0.25) is 0 Å². The quantitative estimate of drug-likeness (QED) is 0.595. The van der Waals surface area contributed by atoms with Gasteiger partial charge < -0.3 is 4.40 Å². The second kappa shape index (κ2) is 4.12. The lowest BCUT2D eigenvalue weighted by Crippen LogP contribution is -1.98. The van der Waals surface area contributed by atoms with Crippen LogP contribution in [0.1, 0.15) is 11.3 Å². The van der Waals surface area contributed by atoms with Crippen LogP contribution in [-0.4, -0.2) is 9.38 Å². The predicted octanol–water partition coefficient (Wildman–Crippen LogP) is 4.68. The number of fused-ring (bicyclic) bond motifs is 5. The molecule has 0 saturated carbocycles. The van der Waals surface area contributed by atoms with Crippen LogP contribution in [0.15, 0.2) is 45.9 Å². The summed E-state index contributed by atoms with van der Waals surface area (Å²) in [7, 11) is 0. The third kappa shape index (κ3) is 1.66. The molecule has 0 unspecified atom stereocenters. The molecule has 94 valence electrons. The predicted molar refractivity (Wildman–Crippen MR) is 82.6 cm³/mol. The Morgan fingerprint density at radius 2 is 2.16 bits per heavy atom. The van der Waals surface area contributed by atoms with E-state index < -0.39 is 0 Å². The van der Waals surface area contributed by atoms with E-state index in [1.54, 1.807) is 0 Å². The average Bonchev–Trinajstić information content (AvgIpc) is 2.77. The number of hydrogen-bond acceptors (Lipinski definition) is 2. The summed E-state index contributed by atoms with van der Waals surface area (Å²) in [6, 6.07) is 10.6. The number of hydrogen-bond donors (Lipinski definition) is 0. The fourth-order valence-corrected chi connectivity index (χ4v) is 3.88. The topological polar surface area (TPSA) is 17.3 Å². The molecular formula is C15H11BrN2S. The molecule has 0 N–H and O–H groups in total. The second-order valence-electron chi connectivity index (χ2n) is 4.72. The second-order valence-corrected chi connectivity index (χ2v) is 6.60. The minimum atomic E-state index is 0.975. The van der Waals surface area contributed by atoms with Crippen LogP contribution < -0.4 is 0 Å². The number of thioether (sulfide) groups is 1. The van der Waals surface area contributed by atoms with Gasteiger partial charge in [0.25, 0.3) is 0 Å². The maximum atomic E-state index is 4.83. The Hall–Kier alpha value is -1.26. The molecule has 0 fully saturated rings. The summed E-state index contributed by atoms with van der Waals surface area (Å²) < 4.78 is 3.33. The molecule has 0 amide bonds. The van der Waals surface area contributed by atoms with Crippen LogP contribution in [0.3, 0.4) is 0 Å². The van der Waals surface area contributed by atoms with Crippen molar-refractivity contribution in [2.75, 3.05) is 0 Å². The molecule has 0 radical (unpaired) electrons. The first kappa shape index (κ1) is 11.6. The largest absolute Gasteiger partial charge is 0.301 e. The minimum Gasteiger partial charge on any atom is -0.301 e. The maximum absolute atomic E-state index is 4.83.